The van der Waals surface area contributed by atoms with Gasteiger partial charge in [-0.25, -0.2) is 8.42 Å². The molecule has 1 amide bonds. The summed E-state index contributed by atoms with van der Waals surface area (Å²) in [5.74, 6) is -0.384. The highest BCUT2D eigenvalue weighted by molar-refractivity contribution is 7.90. The van der Waals surface area contributed by atoms with Gasteiger partial charge in [-0.2, -0.15) is 0 Å². The molecule has 0 unspecified atom stereocenters. The fraction of sp³-hybridized carbons (Fsp3) is 0.278. The van der Waals surface area contributed by atoms with Crippen LogP contribution in [-0.2, 0) is 16.4 Å². The Balaban J connectivity index is 2.25. The van der Waals surface area contributed by atoms with Crippen LogP contribution in [0.2, 0.25) is 0 Å². The molecule has 1 N–H and O–H groups in total. The minimum absolute atomic E-state index is 0.0508. The van der Waals surface area contributed by atoms with E-state index >= 15 is 0 Å². The van der Waals surface area contributed by atoms with Gasteiger partial charge in [0, 0.05) is 12.8 Å². The zero-order valence-corrected chi connectivity index (χ0v) is 14.6. The number of carbonyl (C=O) groups excluding carboxylic acids is 1. The maximum atomic E-state index is 12.4. The van der Waals surface area contributed by atoms with Gasteiger partial charge in [-0.05, 0) is 49.6 Å². The van der Waals surface area contributed by atoms with Gasteiger partial charge in [0.15, 0.2) is 9.84 Å². The topological polar surface area (TPSA) is 63.2 Å². The van der Waals surface area contributed by atoms with E-state index in [1.807, 2.05) is 20.8 Å². The molecule has 2 rings (SSSR count). The predicted molar refractivity (Wildman–Crippen MR) is 91.4 cm³/mol. The van der Waals surface area contributed by atoms with Gasteiger partial charge in [-0.1, -0.05) is 29.8 Å². The molecule has 0 bridgehead atoms. The van der Waals surface area contributed by atoms with Gasteiger partial charge in [-0.15, -0.1) is 0 Å². The van der Waals surface area contributed by atoms with Crippen LogP contribution in [-0.4, -0.2) is 20.6 Å². The number of nitrogens with one attached hydrogen (secondary N) is 1. The van der Waals surface area contributed by atoms with Gasteiger partial charge in [0.05, 0.1) is 10.5 Å². The van der Waals surface area contributed by atoms with Crippen LogP contribution in [0.5, 0.6) is 0 Å². The first-order chi connectivity index (χ1) is 10.7. The molecular weight excluding hydrogens is 310 g/mol. The summed E-state index contributed by atoms with van der Waals surface area (Å²) in [6.07, 6.45) is 1.10. The fourth-order valence-corrected chi connectivity index (χ4v) is 3.62. The van der Waals surface area contributed by atoms with E-state index in [1.54, 1.807) is 12.1 Å². The summed E-state index contributed by atoms with van der Waals surface area (Å²) >= 11 is 0. The van der Waals surface area contributed by atoms with Gasteiger partial charge in [0.1, 0.15) is 0 Å². The Morgan fingerprint density at radius 3 is 2.17 bits per heavy atom. The number of benzene rings is 2. The Labute approximate surface area is 137 Å². The van der Waals surface area contributed by atoms with E-state index in [4.69, 9.17) is 0 Å². The van der Waals surface area contributed by atoms with Gasteiger partial charge >= 0.3 is 0 Å². The molecule has 2 aromatic rings. The van der Waals surface area contributed by atoms with E-state index in [-0.39, 0.29) is 16.4 Å². The number of hydrogen-bond acceptors (Lipinski definition) is 3. The van der Waals surface area contributed by atoms with Gasteiger partial charge in [0.2, 0.25) is 0 Å². The molecule has 0 aromatic heterocycles. The fourth-order valence-electron chi connectivity index (χ4n) is 2.73. The van der Waals surface area contributed by atoms with Crippen molar-refractivity contribution in [3.05, 3.63) is 64.2 Å². The second kappa shape index (κ2) is 6.54. The molecule has 4 nitrogen and oxygen atoms in total. The molecule has 0 aliphatic heterocycles. The van der Waals surface area contributed by atoms with Crippen LogP contribution in [0.4, 0.5) is 0 Å². The quantitative estimate of drug-likeness (QED) is 0.937. The minimum Gasteiger partial charge on any atom is -0.348 e. The standard InChI is InChI=1S/C18H21NO3S/c1-12-9-13(2)16(14(3)10-12)11-19-18(20)15-7-5-6-8-17(15)23(4,21)22/h5-10H,11H2,1-4H3,(H,19,20). The van der Waals surface area contributed by atoms with Crippen molar-refractivity contribution in [1.82, 2.24) is 5.32 Å². The Kier molecular flexibility index (Phi) is 4.90. The summed E-state index contributed by atoms with van der Waals surface area (Å²) in [6.45, 7) is 6.41. The molecule has 5 heteroatoms. The Morgan fingerprint density at radius 2 is 1.61 bits per heavy atom. The van der Waals surface area contributed by atoms with Crippen LogP contribution in [0.15, 0.2) is 41.3 Å². The highest BCUT2D eigenvalue weighted by Gasteiger charge is 2.18. The van der Waals surface area contributed by atoms with Crippen LogP contribution in [0.25, 0.3) is 0 Å². The first kappa shape index (κ1) is 17.2. The Morgan fingerprint density at radius 1 is 1.04 bits per heavy atom. The zero-order chi connectivity index (χ0) is 17.2. The van der Waals surface area contributed by atoms with E-state index in [9.17, 15) is 13.2 Å². The molecule has 0 atom stereocenters. The highest BCUT2D eigenvalue weighted by Crippen LogP contribution is 2.18. The van der Waals surface area contributed by atoms with Crippen LogP contribution in [0.3, 0.4) is 0 Å². The van der Waals surface area contributed by atoms with Gasteiger partial charge in [0.25, 0.3) is 5.91 Å². The lowest BCUT2D eigenvalue weighted by Gasteiger charge is -2.13. The lowest BCUT2D eigenvalue weighted by Crippen LogP contribution is -2.25. The molecule has 0 fully saturated rings. The lowest BCUT2D eigenvalue weighted by atomic mass is 10.00. The Hall–Kier alpha value is -2.14. The predicted octanol–water partition coefficient (Wildman–Crippen LogP) is 2.95. The molecule has 0 saturated heterocycles. The molecule has 23 heavy (non-hydrogen) atoms. The molecule has 0 spiro atoms. The normalized spacial score (nSPS) is 11.3. The van der Waals surface area contributed by atoms with Crippen molar-refractivity contribution in [2.45, 2.75) is 32.2 Å². The van der Waals surface area contributed by atoms with Gasteiger partial charge < -0.3 is 5.32 Å². The lowest BCUT2D eigenvalue weighted by molar-refractivity contribution is 0.0947. The highest BCUT2D eigenvalue weighted by atomic mass is 32.2. The molecule has 0 aliphatic rings. The summed E-state index contributed by atoms with van der Waals surface area (Å²) in [4.78, 5) is 12.5. The number of rotatable bonds is 4. The molecule has 0 heterocycles. The number of amides is 1. The molecule has 0 radical (unpaired) electrons. The average Bonchev–Trinajstić information content (AvgIpc) is 2.45. The SMILES string of the molecule is Cc1cc(C)c(CNC(=O)c2ccccc2S(C)(=O)=O)c(C)c1. The number of sulfone groups is 1. The third-order valence-electron chi connectivity index (χ3n) is 3.80. The van der Waals surface area contributed by atoms with Crippen molar-refractivity contribution >= 4 is 15.7 Å². The van der Waals surface area contributed by atoms with Crippen molar-refractivity contribution in [3.8, 4) is 0 Å². The van der Waals surface area contributed by atoms with E-state index in [2.05, 4.69) is 17.4 Å². The van der Waals surface area contributed by atoms with E-state index in [0.717, 1.165) is 22.9 Å². The monoisotopic (exact) mass is 331 g/mol. The van der Waals surface area contributed by atoms with Crippen LogP contribution in [0, 0.1) is 20.8 Å². The molecule has 2 aromatic carbocycles. The first-order valence-corrected chi connectivity index (χ1v) is 9.23. The maximum absolute atomic E-state index is 12.4. The van der Waals surface area contributed by atoms with Crippen molar-refractivity contribution in [2.24, 2.45) is 0 Å². The number of aryl methyl sites for hydroxylation is 3. The summed E-state index contributed by atoms with van der Waals surface area (Å²) in [7, 11) is -3.44. The van der Waals surface area contributed by atoms with E-state index in [0.29, 0.717) is 6.54 Å². The Bertz CT molecular complexity index is 831. The minimum atomic E-state index is -3.44. The van der Waals surface area contributed by atoms with Gasteiger partial charge in [-0.3, -0.25) is 4.79 Å². The summed E-state index contributed by atoms with van der Waals surface area (Å²) < 4.78 is 23.6. The second-order valence-corrected chi connectivity index (χ2v) is 7.81. The van der Waals surface area contributed by atoms with Crippen molar-refractivity contribution in [2.75, 3.05) is 6.26 Å². The van der Waals surface area contributed by atoms with Crippen LogP contribution < -0.4 is 5.32 Å². The number of carbonyl (C=O) groups is 1. The largest absolute Gasteiger partial charge is 0.348 e. The van der Waals surface area contributed by atoms with Crippen molar-refractivity contribution < 1.29 is 13.2 Å². The van der Waals surface area contributed by atoms with E-state index < -0.39 is 9.84 Å². The molecule has 122 valence electrons. The second-order valence-electron chi connectivity index (χ2n) is 5.83. The third kappa shape index (κ3) is 3.99. The summed E-state index contributed by atoms with van der Waals surface area (Å²) in [5, 5.41) is 2.83. The van der Waals surface area contributed by atoms with Crippen molar-refractivity contribution in [1.29, 1.82) is 0 Å². The van der Waals surface area contributed by atoms with Crippen LogP contribution in [0.1, 0.15) is 32.6 Å². The van der Waals surface area contributed by atoms with Crippen molar-refractivity contribution in [3.63, 3.8) is 0 Å². The summed E-state index contributed by atoms with van der Waals surface area (Å²) in [5.41, 5.74) is 4.63. The van der Waals surface area contributed by atoms with Crippen LogP contribution >= 0.6 is 0 Å². The third-order valence-corrected chi connectivity index (χ3v) is 4.95. The zero-order valence-electron chi connectivity index (χ0n) is 13.8. The maximum Gasteiger partial charge on any atom is 0.252 e. The molecule has 0 aliphatic carbocycles. The first-order valence-electron chi connectivity index (χ1n) is 7.34. The molecule has 0 saturated carbocycles. The number of hydrogen-bond donors (Lipinski definition) is 1. The smallest absolute Gasteiger partial charge is 0.252 e. The summed E-state index contributed by atoms with van der Waals surface area (Å²) in [6, 6.07) is 10.4. The van der Waals surface area contributed by atoms with E-state index in [1.165, 1.54) is 17.7 Å². The average molecular weight is 331 g/mol. The molecular formula is C18H21NO3S.